The van der Waals surface area contributed by atoms with Gasteiger partial charge >= 0.3 is 0 Å². The number of benzene rings is 1. The molecule has 96 valence electrons. The third-order valence-electron chi connectivity index (χ3n) is 4.01. The fourth-order valence-electron chi connectivity index (χ4n) is 2.67. The van der Waals surface area contributed by atoms with Gasteiger partial charge in [0.1, 0.15) is 5.78 Å². The number of hydrogen-bond donors (Lipinski definition) is 0. The van der Waals surface area contributed by atoms with Crippen molar-refractivity contribution in [3.8, 4) is 0 Å². The molecule has 1 aromatic carbocycles. The van der Waals surface area contributed by atoms with E-state index in [-0.39, 0.29) is 17.6 Å². The summed E-state index contributed by atoms with van der Waals surface area (Å²) < 4.78 is 5.20. The van der Waals surface area contributed by atoms with Crippen LogP contribution in [0.2, 0.25) is 0 Å². The van der Waals surface area contributed by atoms with Crippen molar-refractivity contribution in [3.05, 3.63) is 47.1 Å². The first-order chi connectivity index (χ1) is 9.31. The van der Waals surface area contributed by atoms with Crippen LogP contribution >= 0.6 is 0 Å². The summed E-state index contributed by atoms with van der Waals surface area (Å²) >= 11 is 0. The number of carbonyl (C=O) groups is 1. The molecule has 0 saturated heterocycles. The van der Waals surface area contributed by atoms with Gasteiger partial charge in [-0.2, -0.15) is 4.98 Å². The van der Waals surface area contributed by atoms with Crippen LogP contribution in [0.3, 0.4) is 0 Å². The van der Waals surface area contributed by atoms with Gasteiger partial charge in [0.25, 0.3) is 0 Å². The molecular formula is C15H14N2O2. The van der Waals surface area contributed by atoms with Crippen molar-refractivity contribution in [1.29, 1.82) is 0 Å². The van der Waals surface area contributed by atoms with Gasteiger partial charge in [-0.3, -0.25) is 4.79 Å². The Balaban J connectivity index is 1.51. The molecule has 1 atom stereocenters. The number of ketones is 1. The Morgan fingerprint density at radius 2 is 2.16 bits per heavy atom. The summed E-state index contributed by atoms with van der Waals surface area (Å²) in [5.74, 6) is 1.92. The fourth-order valence-corrected chi connectivity index (χ4v) is 2.67. The van der Waals surface area contributed by atoms with Gasteiger partial charge in [0, 0.05) is 5.92 Å². The Kier molecular flexibility index (Phi) is 2.31. The maximum atomic E-state index is 11.7. The van der Waals surface area contributed by atoms with Crippen LogP contribution in [0.4, 0.5) is 0 Å². The number of carbonyl (C=O) groups excluding carboxylic acids is 1. The van der Waals surface area contributed by atoms with Crippen molar-refractivity contribution < 1.29 is 9.32 Å². The summed E-state index contributed by atoms with van der Waals surface area (Å²) in [6.07, 6.45) is 3.31. The van der Waals surface area contributed by atoms with E-state index < -0.39 is 0 Å². The molecule has 19 heavy (non-hydrogen) atoms. The lowest BCUT2D eigenvalue weighted by atomic mass is 9.77. The summed E-state index contributed by atoms with van der Waals surface area (Å²) in [5.41, 5.74) is 2.64. The lowest BCUT2D eigenvalue weighted by Gasteiger charge is -2.27. The third kappa shape index (κ3) is 1.87. The van der Waals surface area contributed by atoms with Crippen LogP contribution < -0.4 is 0 Å². The number of Topliss-reactive ketones (excluding diaryl/α,β-unsaturated/α-hetero) is 1. The van der Waals surface area contributed by atoms with E-state index >= 15 is 0 Å². The summed E-state index contributed by atoms with van der Waals surface area (Å²) in [7, 11) is 0. The zero-order valence-corrected chi connectivity index (χ0v) is 10.5. The molecule has 0 radical (unpaired) electrons. The largest absolute Gasteiger partial charge is 0.339 e. The highest BCUT2D eigenvalue weighted by molar-refractivity contribution is 5.84. The maximum absolute atomic E-state index is 11.7. The van der Waals surface area contributed by atoms with E-state index in [9.17, 15) is 4.79 Å². The average Bonchev–Trinajstić information content (AvgIpc) is 3.14. The van der Waals surface area contributed by atoms with Gasteiger partial charge in [-0.15, -0.1) is 0 Å². The topological polar surface area (TPSA) is 56.0 Å². The Bertz CT molecular complexity index is 643. The van der Waals surface area contributed by atoms with Crippen molar-refractivity contribution in [2.45, 2.75) is 31.6 Å². The molecule has 2 aliphatic carbocycles. The van der Waals surface area contributed by atoms with Gasteiger partial charge in [-0.05, 0) is 30.4 Å². The van der Waals surface area contributed by atoms with E-state index in [1.165, 1.54) is 11.1 Å². The minimum absolute atomic E-state index is 0.240. The summed E-state index contributed by atoms with van der Waals surface area (Å²) in [5, 5.41) is 4.03. The monoisotopic (exact) mass is 254 g/mol. The van der Waals surface area contributed by atoms with E-state index in [2.05, 4.69) is 22.3 Å². The molecule has 1 unspecified atom stereocenters. The van der Waals surface area contributed by atoms with E-state index in [4.69, 9.17) is 4.52 Å². The van der Waals surface area contributed by atoms with Crippen LogP contribution in [0.1, 0.15) is 41.6 Å². The number of aromatic nitrogens is 2. The number of rotatable bonds is 4. The quantitative estimate of drug-likeness (QED) is 0.840. The number of fused-ring (bicyclic) bond motifs is 1. The molecule has 4 nitrogen and oxygen atoms in total. The molecule has 1 fully saturated rings. The van der Waals surface area contributed by atoms with Crippen LogP contribution in [0.25, 0.3) is 0 Å². The van der Waals surface area contributed by atoms with E-state index in [1.54, 1.807) is 0 Å². The highest BCUT2D eigenvalue weighted by atomic mass is 16.5. The summed E-state index contributed by atoms with van der Waals surface area (Å²) in [6.45, 7) is 0. The van der Waals surface area contributed by atoms with Gasteiger partial charge in [0.2, 0.25) is 5.89 Å². The first kappa shape index (κ1) is 10.9. The molecule has 2 aromatic rings. The zero-order valence-electron chi connectivity index (χ0n) is 10.5. The van der Waals surface area contributed by atoms with Crippen LogP contribution in [-0.4, -0.2) is 15.9 Å². The standard InChI is InChI=1S/C15H14N2O2/c18-13(9-5-6-9)8-14-16-15(17-19-14)12-7-10-3-1-2-4-11(10)12/h1-4,9,12H,5-8H2. The Morgan fingerprint density at radius 1 is 1.32 bits per heavy atom. The lowest BCUT2D eigenvalue weighted by Crippen LogP contribution is -2.19. The molecule has 1 heterocycles. The van der Waals surface area contributed by atoms with Crippen LogP contribution in [0.5, 0.6) is 0 Å². The van der Waals surface area contributed by atoms with E-state index in [1.807, 2.05) is 12.1 Å². The van der Waals surface area contributed by atoms with Crippen molar-refractivity contribution in [2.24, 2.45) is 5.92 Å². The van der Waals surface area contributed by atoms with Crippen LogP contribution in [0.15, 0.2) is 28.8 Å². The first-order valence-corrected chi connectivity index (χ1v) is 6.74. The number of nitrogens with zero attached hydrogens (tertiary/aromatic N) is 2. The molecule has 1 saturated carbocycles. The van der Waals surface area contributed by atoms with Gasteiger partial charge in [0.05, 0.1) is 12.3 Å². The van der Waals surface area contributed by atoms with Gasteiger partial charge in [0.15, 0.2) is 5.82 Å². The van der Waals surface area contributed by atoms with Gasteiger partial charge in [-0.25, -0.2) is 0 Å². The predicted octanol–water partition coefficient (Wildman–Crippen LogP) is 2.28. The van der Waals surface area contributed by atoms with Crippen LogP contribution in [0, 0.1) is 5.92 Å². The second-order valence-electron chi connectivity index (χ2n) is 5.42. The Labute approximate surface area is 110 Å². The smallest absolute Gasteiger partial charge is 0.234 e. The minimum atomic E-state index is 0.240. The number of hydrogen-bond acceptors (Lipinski definition) is 4. The molecule has 0 aliphatic heterocycles. The minimum Gasteiger partial charge on any atom is -0.339 e. The maximum Gasteiger partial charge on any atom is 0.234 e. The fraction of sp³-hybridized carbons (Fsp3) is 0.400. The summed E-state index contributed by atoms with van der Waals surface area (Å²) in [4.78, 5) is 16.1. The van der Waals surface area contributed by atoms with E-state index in [0.29, 0.717) is 12.3 Å². The predicted molar refractivity (Wildman–Crippen MR) is 67.7 cm³/mol. The summed E-state index contributed by atoms with van der Waals surface area (Å²) in [6, 6.07) is 8.31. The van der Waals surface area contributed by atoms with Gasteiger partial charge in [-0.1, -0.05) is 29.4 Å². The molecule has 0 bridgehead atoms. The normalized spacial score (nSPS) is 20.7. The molecule has 4 heteroatoms. The second-order valence-corrected chi connectivity index (χ2v) is 5.42. The highest BCUT2D eigenvalue weighted by Gasteiger charge is 2.33. The average molecular weight is 254 g/mol. The third-order valence-corrected chi connectivity index (χ3v) is 4.01. The van der Waals surface area contributed by atoms with Crippen molar-refractivity contribution in [2.75, 3.05) is 0 Å². The molecule has 0 N–H and O–H groups in total. The van der Waals surface area contributed by atoms with Crippen molar-refractivity contribution >= 4 is 5.78 Å². The van der Waals surface area contributed by atoms with Gasteiger partial charge < -0.3 is 4.52 Å². The highest BCUT2D eigenvalue weighted by Crippen LogP contribution is 2.38. The first-order valence-electron chi connectivity index (χ1n) is 6.74. The Hall–Kier alpha value is -1.97. The van der Waals surface area contributed by atoms with E-state index in [0.717, 1.165) is 25.1 Å². The molecular weight excluding hydrogens is 240 g/mol. The Morgan fingerprint density at radius 3 is 2.95 bits per heavy atom. The van der Waals surface area contributed by atoms with Crippen molar-refractivity contribution in [3.63, 3.8) is 0 Å². The molecule has 0 spiro atoms. The molecule has 4 rings (SSSR count). The second kappa shape index (κ2) is 4.02. The zero-order chi connectivity index (χ0) is 12.8. The SMILES string of the molecule is O=C(Cc1nc(C2Cc3ccccc32)no1)C1CC1. The molecule has 0 amide bonds. The van der Waals surface area contributed by atoms with Crippen LogP contribution in [-0.2, 0) is 17.6 Å². The van der Waals surface area contributed by atoms with Crippen molar-refractivity contribution in [1.82, 2.24) is 10.1 Å². The molecule has 2 aliphatic rings. The lowest BCUT2D eigenvalue weighted by molar-refractivity contribution is -0.119. The molecule has 1 aromatic heterocycles.